The molecule has 16 heavy (non-hydrogen) atoms. The summed E-state index contributed by atoms with van der Waals surface area (Å²) in [6, 6.07) is 1.59. The van der Waals surface area contributed by atoms with E-state index in [0.717, 1.165) is 25.2 Å². The average molecular weight is 226 g/mol. The lowest BCUT2D eigenvalue weighted by Gasteiger charge is -2.37. The fourth-order valence-electron chi connectivity index (χ4n) is 2.88. The molecule has 0 saturated heterocycles. The van der Waals surface area contributed by atoms with Crippen LogP contribution in [0.1, 0.15) is 58.8 Å². The number of rotatable bonds is 7. The van der Waals surface area contributed by atoms with Crippen molar-refractivity contribution < 1.29 is 0 Å². The lowest BCUT2D eigenvalue weighted by atomic mass is 9.93. The lowest BCUT2D eigenvalue weighted by molar-refractivity contribution is 0.128. The Labute approximate surface area is 102 Å². The molecule has 2 heteroatoms. The Balaban J connectivity index is 2.40. The van der Waals surface area contributed by atoms with Gasteiger partial charge in [0.15, 0.2) is 0 Å². The lowest BCUT2D eigenvalue weighted by Crippen LogP contribution is -2.46. The van der Waals surface area contributed by atoms with Gasteiger partial charge in [-0.3, -0.25) is 4.90 Å². The summed E-state index contributed by atoms with van der Waals surface area (Å²) in [7, 11) is 2.34. The van der Waals surface area contributed by atoms with Crippen LogP contribution in [0.15, 0.2) is 0 Å². The van der Waals surface area contributed by atoms with E-state index < -0.39 is 0 Å². The summed E-state index contributed by atoms with van der Waals surface area (Å²) in [5.41, 5.74) is 0. The molecule has 0 aliphatic heterocycles. The molecular weight excluding hydrogens is 196 g/mol. The summed E-state index contributed by atoms with van der Waals surface area (Å²) in [6.07, 6.45) is 9.80. The molecule has 0 radical (unpaired) electrons. The number of hydrogen-bond donors (Lipinski definition) is 1. The van der Waals surface area contributed by atoms with E-state index in [1.165, 1.54) is 44.9 Å². The fourth-order valence-corrected chi connectivity index (χ4v) is 2.88. The molecule has 2 nitrogen and oxygen atoms in total. The molecule has 0 aromatic heterocycles. The maximum atomic E-state index is 3.51. The van der Waals surface area contributed by atoms with Crippen molar-refractivity contribution in [1.82, 2.24) is 10.2 Å². The van der Waals surface area contributed by atoms with Crippen LogP contribution in [0.25, 0.3) is 0 Å². The van der Waals surface area contributed by atoms with Crippen molar-refractivity contribution in [2.24, 2.45) is 0 Å². The average Bonchev–Trinajstić information content (AvgIpc) is 2.35. The van der Waals surface area contributed by atoms with Crippen molar-refractivity contribution in [3.63, 3.8) is 0 Å². The Hall–Kier alpha value is -0.0800. The maximum Gasteiger partial charge on any atom is 0.0220 e. The predicted octanol–water partition coefficient (Wildman–Crippen LogP) is 3.03. The second-order valence-electron chi connectivity index (χ2n) is 5.21. The standard InChI is InChI=1S/C14H30N2/c1-4-9-14(12-15-5-2)16(3)13-10-7-6-8-11-13/h13-15H,4-12H2,1-3H3. The first-order valence-corrected chi connectivity index (χ1v) is 7.22. The zero-order valence-electron chi connectivity index (χ0n) is 11.5. The molecule has 1 N–H and O–H groups in total. The Morgan fingerprint density at radius 3 is 2.44 bits per heavy atom. The van der Waals surface area contributed by atoms with E-state index in [0.29, 0.717) is 0 Å². The topological polar surface area (TPSA) is 15.3 Å². The second kappa shape index (κ2) is 8.08. The summed E-state index contributed by atoms with van der Waals surface area (Å²) >= 11 is 0. The molecule has 0 amide bonds. The zero-order chi connectivity index (χ0) is 11.8. The number of nitrogens with zero attached hydrogens (tertiary/aromatic N) is 1. The van der Waals surface area contributed by atoms with Gasteiger partial charge in [0.05, 0.1) is 0 Å². The van der Waals surface area contributed by atoms with Gasteiger partial charge in [0.1, 0.15) is 0 Å². The first-order chi connectivity index (χ1) is 7.79. The fraction of sp³-hybridized carbons (Fsp3) is 1.00. The first-order valence-electron chi connectivity index (χ1n) is 7.22. The zero-order valence-corrected chi connectivity index (χ0v) is 11.5. The second-order valence-corrected chi connectivity index (χ2v) is 5.21. The molecule has 0 heterocycles. The highest BCUT2D eigenvalue weighted by atomic mass is 15.2. The van der Waals surface area contributed by atoms with Gasteiger partial charge in [-0.05, 0) is 32.9 Å². The van der Waals surface area contributed by atoms with Gasteiger partial charge in [-0.1, -0.05) is 39.5 Å². The van der Waals surface area contributed by atoms with Crippen molar-refractivity contribution in [3.05, 3.63) is 0 Å². The third-order valence-electron chi connectivity index (χ3n) is 3.98. The third kappa shape index (κ3) is 4.42. The monoisotopic (exact) mass is 226 g/mol. The van der Waals surface area contributed by atoms with Crippen molar-refractivity contribution in [1.29, 1.82) is 0 Å². The highest BCUT2D eigenvalue weighted by molar-refractivity contribution is 4.80. The van der Waals surface area contributed by atoms with Gasteiger partial charge in [0.25, 0.3) is 0 Å². The van der Waals surface area contributed by atoms with Crippen LogP contribution in [0.5, 0.6) is 0 Å². The molecule has 1 aliphatic rings. The Kier molecular flexibility index (Phi) is 7.06. The molecule has 1 atom stereocenters. The van der Waals surface area contributed by atoms with Crippen molar-refractivity contribution in [2.45, 2.75) is 70.9 Å². The van der Waals surface area contributed by atoms with Crippen LogP contribution in [-0.2, 0) is 0 Å². The summed E-state index contributed by atoms with van der Waals surface area (Å²) in [5.74, 6) is 0. The molecule has 1 saturated carbocycles. The maximum absolute atomic E-state index is 3.51. The minimum Gasteiger partial charge on any atom is -0.315 e. The van der Waals surface area contributed by atoms with Crippen LogP contribution in [-0.4, -0.2) is 37.1 Å². The molecule has 1 unspecified atom stereocenters. The van der Waals surface area contributed by atoms with Gasteiger partial charge in [0, 0.05) is 18.6 Å². The van der Waals surface area contributed by atoms with Crippen LogP contribution >= 0.6 is 0 Å². The number of nitrogens with one attached hydrogen (secondary N) is 1. The highest BCUT2D eigenvalue weighted by Gasteiger charge is 2.23. The van der Waals surface area contributed by atoms with E-state index in [-0.39, 0.29) is 0 Å². The van der Waals surface area contributed by atoms with Crippen LogP contribution in [0.3, 0.4) is 0 Å². The van der Waals surface area contributed by atoms with E-state index in [2.05, 4.69) is 31.1 Å². The molecule has 1 fully saturated rings. The largest absolute Gasteiger partial charge is 0.315 e. The van der Waals surface area contributed by atoms with E-state index in [1.54, 1.807) is 0 Å². The van der Waals surface area contributed by atoms with Crippen LogP contribution < -0.4 is 5.32 Å². The number of hydrogen-bond acceptors (Lipinski definition) is 2. The summed E-state index contributed by atoms with van der Waals surface area (Å²) in [6.45, 7) is 6.76. The van der Waals surface area contributed by atoms with E-state index in [4.69, 9.17) is 0 Å². The van der Waals surface area contributed by atoms with Gasteiger partial charge >= 0.3 is 0 Å². The van der Waals surface area contributed by atoms with E-state index in [9.17, 15) is 0 Å². The van der Waals surface area contributed by atoms with Gasteiger partial charge in [0.2, 0.25) is 0 Å². The Bertz CT molecular complexity index is 164. The molecule has 0 aromatic rings. The molecular formula is C14H30N2. The SMILES string of the molecule is CCCC(CNCC)N(C)C1CCCCC1. The third-order valence-corrected chi connectivity index (χ3v) is 3.98. The van der Waals surface area contributed by atoms with Gasteiger partial charge in [-0.15, -0.1) is 0 Å². The predicted molar refractivity (Wildman–Crippen MR) is 71.9 cm³/mol. The minimum atomic E-state index is 0.744. The Morgan fingerprint density at radius 1 is 1.19 bits per heavy atom. The molecule has 1 rings (SSSR count). The van der Waals surface area contributed by atoms with Crippen molar-refractivity contribution in [2.75, 3.05) is 20.1 Å². The van der Waals surface area contributed by atoms with Crippen molar-refractivity contribution >= 4 is 0 Å². The molecule has 1 aliphatic carbocycles. The smallest absolute Gasteiger partial charge is 0.0220 e. The number of likely N-dealkylation sites (N-methyl/N-ethyl adjacent to an activating group) is 2. The van der Waals surface area contributed by atoms with Crippen molar-refractivity contribution in [3.8, 4) is 0 Å². The van der Waals surface area contributed by atoms with Crippen LogP contribution in [0, 0.1) is 0 Å². The van der Waals surface area contributed by atoms with Gasteiger partial charge in [-0.25, -0.2) is 0 Å². The van der Waals surface area contributed by atoms with E-state index in [1.807, 2.05) is 0 Å². The summed E-state index contributed by atoms with van der Waals surface area (Å²) in [5, 5.41) is 3.51. The molecule has 0 bridgehead atoms. The summed E-state index contributed by atoms with van der Waals surface area (Å²) in [4.78, 5) is 2.66. The minimum absolute atomic E-state index is 0.744. The van der Waals surface area contributed by atoms with Crippen LogP contribution in [0.2, 0.25) is 0 Å². The van der Waals surface area contributed by atoms with Crippen LogP contribution in [0.4, 0.5) is 0 Å². The van der Waals surface area contributed by atoms with E-state index >= 15 is 0 Å². The molecule has 0 aromatic carbocycles. The highest BCUT2D eigenvalue weighted by Crippen LogP contribution is 2.23. The quantitative estimate of drug-likeness (QED) is 0.718. The summed E-state index contributed by atoms with van der Waals surface area (Å²) < 4.78 is 0. The van der Waals surface area contributed by atoms with Gasteiger partial charge in [-0.2, -0.15) is 0 Å². The first kappa shape index (κ1) is 14.0. The Morgan fingerprint density at radius 2 is 1.88 bits per heavy atom. The van der Waals surface area contributed by atoms with Gasteiger partial charge < -0.3 is 5.32 Å². The molecule has 0 spiro atoms. The molecule has 96 valence electrons. The normalized spacial score (nSPS) is 20.2.